The van der Waals surface area contributed by atoms with E-state index < -0.39 is 5.60 Å². The lowest BCUT2D eigenvalue weighted by Gasteiger charge is -2.34. The monoisotopic (exact) mass is 428 g/mol. The number of thiazole rings is 1. The minimum absolute atomic E-state index is 0.0391. The highest BCUT2D eigenvalue weighted by atomic mass is 32.1. The zero-order valence-electron chi connectivity index (χ0n) is 17.7. The van der Waals surface area contributed by atoms with E-state index in [1.807, 2.05) is 39.0 Å². The predicted molar refractivity (Wildman–Crippen MR) is 118 cm³/mol. The van der Waals surface area contributed by atoms with Gasteiger partial charge in [-0.2, -0.15) is 0 Å². The van der Waals surface area contributed by atoms with E-state index in [0.29, 0.717) is 6.54 Å². The Morgan fingerprint density at radius 3 is 2.63 bits per heavy atom. The molecule has 1 unspecified atom stereocenters. The van der Waals surface area contributed by atoms with Crippen LogP contribution >= 0.6 is 11.3 Å². The molecule has 1 saturated heterocycles. The van der Waals surface area contributed by atoms with Gasteiger partial charge in [-0.3, -0.25) is 9.69 Å². The van der Waals surface area contributed by atoms with Crippen LogP contribution in [0, 0.1) is 0 Å². The lowest BCUT2D eigenvalue weighted by molar-refractivity contribution is -0.156. The number of hydrogen-bond acceptors (Lipinski definition) is 8. The van der Waals surface area contributed by atoms with Gasteiger partial charge in [-0.25, -0.2) is 4.98 Å². The molecule has 0 amide bonds. The van der Waals surface area contributed by atoms with Crippen molar-refractivity contribution in [3.63, 3.8) is 0 Å². The molecule has 0 bridgehead atoms. The van der Waals surface area contributed by atoms with Crippen LogP contribution in [0.5, 0.6) is 0 Å². The first-order valence-corrected chi connectivity index (χ1v) is 11.2. The summed E-state index contributed by atoms with van der Waals surface area (Å²) in [5.74, 6) is -0.167. The molecule has 1 atom stereocenters. The Kier molecular flexibility index (Phi) is 6.06. The van der Waals surface area contributed by atoms with Crippen molar-refractivity contribution in [1.29, 1.82) is 0 Å². The van der Waals surface area contributed by atoms with Crippen LogP contribution in [0.3, 0.4) is 0 Å². The Morgan fingerprint density at radius 2 is 1.93 bits per heavy atom. The van der Waals surface area contributed by atoms with Gasteiger partial charge in [0, 0.05) is 38.0 Å². The first-order chi connectivity index (χ1) is 14.4. The van der Waals surface area contributed by atoms with Gasteiger partial charge in [0.25, 0.3) is 0 Å². The average Bonchev–Trinajstić information content (AvgIpc) is 3.37. The standard InChI is InChI=1S/C22H28N4O3S/c1-22(2,3)28-20(27)14-25-9-11-26(12-10-25)21-23-18(15-30-21)17-13-19(29-24-17)16-7-5-4-6-8-16/h4-8,15,19H,9-14H2,1-3H3. The van der Waals surface area contributed by atoms with Gasteiger partial charge in [0.05, 0.1) is 6.54 Å². The van der Waals surface area contributed by atoms with E-state index in [1.54, 1.807) is 11.3 Å². The van der Waals surface area contributed by atoms with Crippen LogP contribution in [0.1, 0.15) is 44.6 Å². The topological polar surface area (TPSA) is 67.3 Å². The zero-order valence-corrected chi connectivity index (χ0v) is 18.5. The summed E-state index contributed by atoms with van der Waals surface area (Å²) < 4.78 is 5.42. The molecular formula is C22H28N4O3S. The molecule has 30 heavy (non-hydrogen) atoms. The number of hydrogen-bond donors (Lipinski definition) is 0. The number of oxime groups is 1. The largest absolute Gasteiger partial charge is 0.459 e. The Bertz CT molecular complexity index is 899. The van der Waals surface area contributed by atoms with Crippen LogP contribution in [-0.2, 0) is 14.4 Å². The van der Waals surface area contributed by atoms with E-state index in [1.165, 1.54) is 0 Å². The number of rotatable bonds is 5. The molecule has 7 nitrogen and oxygen atoms in total. The molecule has 160 valence electrons. The molecule has 8 heteroatoms. The summed E-state index contributed by atoms with van der Waals surface area (Å²) in [6.45, 7) is 9.32. The van der Waals surface area contributed by atoms with Crippen LogP contribution < -0.4 is 4.90 Å². The second-order valence-corrected chi connectivity index (χ2v) is 9.45. The van der Waals surface area contributed by atoms with Gasteiger partial charge in [-0.15, -0.1) is 11.3 Å². The lowest BCUT2D eigenvalue weighted by atomic mass is 10.0. The number of anilines is 1. The zero-order chi connectivity index (χ0) is 21.1. The third-order valence-corrected chi connectivity index (χ3v) is 5.94. The maximum Gasteiger partial charge on any atom is 0.320 e. The summed E-state index contributed by atoms with van der Waals surface area (Å²) in [4.78, 5) is 26.9. The second kappa shape index (κ2) is 8.73. The van der Waals surface area contributed by atoms with E-state index in [-0.39, 0.29) is 12.1 Å². The van der Waals surface area contributed by atoms with E-state index in [9.17, 15) is 4.79 Å². The number of piperazine rings is 1. The minimum Gasteiger partial charge on any atom is -0.459 e. The Balaban J connectivity index is 1.29. The minimum atomic E-state index is -0.442. The summed E-state index contributed by atoms with van der Waals surface area (Å²) in [6.07, 6.45) is 0.694. The highest BCUT2D eigenvalue weighted by molar-refractivity contribution is 7.14. The molecular weight excluding hydrogens is 400 g/mol. The smallest absolute Gasteiger partial charge is 0.320 e. The molecule has 0 saturated carbocycles. The van der Waals surface area contributed by atoms with E-state index >= 15 is 0 Å². The van der Waals surface area contributed by atoms with Crippen molar-refractivity contribution in [2.75, 3.05) is 37.6 Å². The number of aromatic nitrogens is 1. The molecule has 0 radical (unpaired) electrons. The molecule has 2 aliphatic rings. The van der Waals surface area contributed by atoms with Crippen LogP contribution in [0.25, 0.3) is 0 Å². The number of carbonyl (C=O) groups is 1. The Hall–Kier alpha value is -2.45. The van der Waals surface area contributed by atoms with Gasteiger partial charge >= 0.3 is 5.97 Å². The van der Waals surface area contributed by atoms with Crippen LogP contribution in [0.2, 0.25) is 0 Å². The van der Waals surface area contributed by atoms with Gasteiger partial charge < -0.3 is 14.5 Å². The lowest BCUT2D eigenvalue weighted by Crippen LogP contribution is -2.48. The second-order valence-electron chi connectivity index (χ2n) is 8.61. The summed E-state index contributed by atoms with van der Waals surface area (Å²) in [5.41, 5.74) is 2.48. The van der Waals surface area contributed by atoms with Gasteiger partial charge in [-0.1, -0.05) is 35.5 Å². The molecule has 4 rings (SSSR count). The maximum absolute atomic E-state index is 12.0. The molecule has 1 fully saturated rings. The average molecular weight is 429 g/mol. The molecule has 2 aliphatic heterocycles. The van der Waals surface area contributed by atoms with Crippen LogP contribution in [0.15, 0.2) is 40.9 Å². The molecule has 0 aliphatic carbocycles. The molecule has 1 aromatic heterocycles. The van der Waals surface area contributed by atoms with Crippen molar-refractivity contribution in [3.8, 4) is 0 Å². The Labute approximate surface area is 181 Å². The van der Waals surface area contributed by atoms with Crippen molar-refractivity contribution >= 4 is 28.1 Å². The molecule has 0 spiro atoms. The normalized spacial score (nSPS) is 20.0. The fourth-order valence-corrected chi connectivity index (χ4v) is 4.46. The molecule has 3 heterocycles. The first kappa shape index (κ1) is 20.8. The maximum atomic E-state index is 12.0. The van der Waals surface area contributed by atoms with Crippen LogP contribution in [-0.4, -0.2) is 59.9 Å². The van der Waals surface area contributed by atoms with Crippen molar-refractivity contribution in [1.82, 2.24) is 9.88 Å². The fourth-order valence-electron chi connectivity index (χ4n) is 3.57. The summed E-state index contributed by atoms with van der Waals surface area (Å²) in [6, 6.07) is 10.2. The summed E-state index contributed by atoms with van der Waals surface area (Å²) >= 11 is 1.63. The van der Waals surface area contributed by atoms with Gasteiger partial charge in [-0.05, 0) is 26.3 Å². The number of carbonyl (C=O) groups excluding carboxylic acids is 1. The van der Waals surface area contributed by atoms with Crippen molar-refractivity contribution < 1.29 is 14.4 Å². The number of esters is 1. The predicted octanol–water partition coefficient (Wildman–Crippen LogP) is 3.47. The van der Waals surface area contributed by atoms with Crippen molar-refractivity contribution in [2.45, 2.75) is 38.9 Å². The van der Waals surface area contributed by atoms with Gasteiger partial charge in [0.1, 0.15) is 17.0 Å². The number of benzene rings is 1. The quantitative estimate of drug-likeness (QED) is 0.680. The first-order valence-electron chi connectivity index (χ1n) is 10.3. The van der Waals surface area contributed by atoms with Crippen molar-refractivity contribution in [2.24, 2.45) is 5.16 Å². The van der Waals surface area contributed by atoms with Crippen molar-refractivity contribution in [3.05, 3.63) is 47.0 Å². The third kappa shape index (κ3) is 5.17. The molecule has 0 N–H and O–H groups in total. The van der Waals surface area contributed by atoms with Gasteiger partial charge in [0.2, 0.25) is 0 Å². The Morgan fingerprint density at radius 1 is 1.20 bits per heavy atom. The number of nitrogens with zero attached hydrogens (tertiary/aromatic N) is 4. The highest BCUT2D eigenvalue weighted by Crippen LogP contribution is 2.31. The van der Waals surface area contributed by atoms with E-state index in [2.05, 4.69) is 32.5 Å². The number of ether oxygens (including phenoxy) is 1. The van der Waals surface area contributed by atoms with Crippen LogP contribution in [0.4, 0.5) is 5.13 Å². The van der Waals surface area contributed by atoms with E-state index in [4.69, 9.17) is 14.6 Å². The SMILES string of the molecule is CC(C)(C)OC(=O)CN1CCN(c2nc(C3=NOC(c4ccccc4)C3)cs2)CC1. The summed E-state index contributed by atoms with van der Waals surface area (Å²) in [7, 11) is 0. The molecule has 1 aromatic carbocycles. The summed E-state index contributed by atoms with van der Waals surface area (Å²) in [5, 5.41) is 7.33. The third-order valence-electron chi connectivity index (χ3n) is 5.04. The van der Waals surface area contributed by atoms with E-state index in [0.717, 1.165) is 54.7 Å². The van der Waals surface area contributed by atoms with Gasteiger partial charge in [0.15, 0.2) is 11.2 Å². The highest BCUT2D eigenvalue weighted by Gasteiger charge is 2.27. The fraction of sp³-hybridized carbons (Fsp3) is 0.500. The molecule has 2 aromatic rings.